The lowest BCUT2D eigenvalue weighted by molar-refractivity contribution is 0.411. The fourth-order valence-corrected chi connectivity index (χ4v) is 6.23. The highest BCUT2D eigenvalue weighted by molar-refractivity contribution is 9.10. The summed E-state index contributed by atoms with van der Waals surface area (Å²) in [5.74, 6) is 0. The van der Waals surface area contributed by atoms with Crippen molar-refractivity contribution < 1.29 is 8.42 Å². The van der Waals surface area contributed by atoms with Gasteiger partial charge in [0.25, 0.3) is 10.0 Å². The second-order valence-corrected chi connectivity index (χ2v) is 11.1. The SMILES string of the molecule is CCCc1cc2c(N[C@H]3CC[C@H](N)CC3)c(Br)cnc2n1S(=O)(=O)c1ccc(C)cc1. The fraction of sp³-hybridized carbons (Fsp3) is 0.435. The largest absolute Gasteiger partial charge is 0.381 e. The molecule has 0 amide bonds. The zero-order valence-corrected chi connectivity index (χ0v) is 20.3. The van der Waals surface area contributed by atoms with Crippen molar-refractivity contribution in [2.75, 3.05) is 5.32 Å². The smallest absolute Gasteiger partial charge is 0.269 e. The van der Waals surface area contributed by atoms with Gasteiger partial charge >= 0.3 is 0 Å². The molecule has 0 atom stereocenters. The Kier molecular flexibility index (Phi) is 6.42. The van der Waals surface area contributed by atoms with Crippen molar-refractivity contribution in [2.24, 2.45) is 5.73 Å². The van der Waals surface area contributed by atoms with Crippen molar-refractivity contribution in [1.82, 2.24) is 8.96 Å². The number of hydrogen-bond donors (Lipinski definition) is 2. The van der Waals surface area contributed by atoms with Gasteiger partial charge in [-0.25, -0.2) is 17.4 Å². The Morgan fingerprint density at radius 2 is 1.87 bits per heavy atom. The predicted octanol–water partition coefficient (Wildman–Crippen LogP) is 4.98. The minimum absolute atomic E-state index is 0.272. The van der Waals surface area contributed by atoms with Crippen LogP contribution in [0.2, 0.25) is 0 Å². The lowest BCUT2D eigenvalue weighted by Gasteiger charge is -2.28. The lowest BCUT2D eigenvalue weighted by atomic mass is 9.91. The minimum Gasteiger partial charge on any atom is -0.381 e. The number of rotatable bonds is 6. The predicted molar refractivity (Wildman–Crippen MR) is 129 cm³/mol. The summed E-state index contributed by atoms with van der Waals surface area (Å²) in [7, 11) is -3.77. The summed E-state index contributed by atoms with van der Waals surface area (Å²) in [4.78, 5) is 4.81. The molecular formula is C23H29BrN4O2S. The maximum Gasteiger partial charge on any atom is 0.269 e. The van der Waals surface area contributed by atoms with Gasteiger partial charge in [0.2, 0.25) is 0 Å². The van der Waals surface area contributed by atoms with E-state index in [4.69, 9.17) is 5.73 Å². The zero-order valence-electron chi connectivity index (χ0n) is 17.9. The van der Waals surface area contributed by atoms with Gasteiger partial charge in [-0.1, -0.05) is 31.0 Å². The first kappa shape index (κ1) is 22.3. The molecule has 8 heteroatoms. The normalized spacial score (nSPS) is 19.6. The van der Waals surface area contributed by atoms with Crippen molar-refractivity contribution in [3.63, 3.8) is 0 Å². The van der Waals surface area contributed by atoms with Crippen LogP contribution in [0.5, 0.6) is 0 Å². The molecule has 0 spiro atoms. The van der Waals surface area contributed by atoms with Crippen LogP contribution in [0, 0.1) is 6.92 Å². The number of anilines is 1. The van der Waals surface area contributed by atoms with E-state index in [0.29, 0.717) is 18.1 Å². The van der Waals surface area contributed by atoms with Gasteiger partial charge in [-0.05, 0) is 73.2 Å². The second-order valence-electron chi connectivity index (χ2n) is 8.44. The topological polar surface area (TPSA) is 90.0 Å². The lowest BCUT2D eigenvalue weighted by Crippen LogP contribution is -2.32. The Morgan fingerprint density at radius 1 is 1.19 bits per heavy atom. The molecule has 2 heterocycles. The van der Waals surface area contributed by atoms with Crippen LogP contribution >= 0.6 is 15.9 Å². The molecule has 1 fully saturated rings. The molecule has 3 N–H and O–H groups in total. The molecule has 3 aromatic rings. The van der Waals surface area contributed by atoms with Gasteiger partial charge in [-0.15, -0.1) is 0 Å². The molecule has 1 aliphatic rings. The van der Waals surface area contributed by atoms with E-state index in [-0.39, 0.29) is 10.9 Å². The number of aromatic nitrogens is 2. The number of hydrogen-bond acceptors (Lipinski definition) is 5. The summed E-state index contributed by atoms with van der Waals surface area (Å²) in [6.45, 7) is 3.99. The van der Waals surface area contributed by atoms with E-state index in [2.05, 4.69) is 26.2 Å². The molecular weight excluding hydrogens is 476 g/mol. The first-order valence-electron chi connectivity index (χ1n) is 10.8. The summed E-state index contributed by atoms with van der Waals surface area (Å²) < 4.78 is 29.5. The molecule has 0 bridgehead atoms. The van der Waals surface area contributed by atoms with Gasteiger partial charge in [0.15, 0.2) is 5.65 Å². The third-order valence-electron chi connectivity index (χ3n) is 6.00. The molecule has 1 aliphatic carbocycles. The molecule has 2 aromatic heterocycles. The molecule has 4 rings (SSSR count). The standard InChI is InChI=1S/C23H29BrN4O2S/c1-3-4-18-13-20-22(27-17-9-7-16(25)8-10-17)21(24)14-26-23(20)28(18)31(29,30)19-11-5-15(2)6-12-19/h5-6,11-14,16-17H,3-4,7-10,25H2,1-2H3,(H,26,27)/t16-,17-. The first-order chi connectivity index (χ1) is 14.8. The van der Waals surface area contributed by atoms with Crippen molar-refractivity contribution in [1.29, 1.82) is 0 Å². The Morgan fingerprint density at radius 3 is 2.52 bits per heavy atom. The molecule has 0 radical (unpaired) electrons. The quantitative estimate of drug-likeness (QED) is 0.493. The Hall–Kier alpha value is -1.90. The van der Waals surface area contributed by atoms with E-state index in [9.17, 15) is 8.42 Å². The molecule has 166 valence electrons. The van der Waals surface area contributed by atoms with Crippen LogP contribution in [-0.2, 0) is 16.4 Å². The molecule has 6 nitrogen and oxygen atoms in total. The molecule has 0 aliphatic heterocycles. The Balaban J connectivity index is 1.84. The van der Waals surface area contributed by atoms with Gasteiger partial charge in [0.05, 0.1) is 15.1 Å². The van der Waals surface area contributed by atoms with Gasteiger partial charge in [-0.2, -0.15) is 0 Å². The van der Waals surface area contributed by atoms with Gasteiger partial charge in [-0.3, -0.25) is 0 Å². The van der Waals surface area contributed by atoms with Gasteiger partial charge in [0, 0.05) is 29.4 Å². The summed E-state index contributed by atoms with van der Waals surface area (Å²) in [5.41, 5.74) is 9.19. The van der Waals surface area contributed by atoms with Crippen molar-refractivity contribution in [3.8, 4) is 0 Å². The van der Waals surface area contributed by atoms with Crippen LogP contribution in [0.4, 0.5) is 5.69 Å². The Labute approximate surface area is 192 Å². The number of halogens is 1. The van der Waals surface area contributed by atoms with Crippen LogP contribution in [0.1, 0.15) is 50.3 Å². The highest BCUT2D eigenvalue weighted by Gasteiger charge is 2.27. The third-order valence-corrected chi connectivity index (χ3v) is 8.36. The number of nitrogens with two attached hydrogens (primary N) is 1. The fourth-order valence-electron chi connectivity index (χ4n) is 4.28. The number of fused-ring (bicyclic) bond motifs is 1. The third kappa shape index (κ3) is 4.38. The molecule has 1 saturated carbocycles. The summed E-state index contributed by atoms with van der Waals surface area (Å²) in [6, 6.07) is 9.53. The van der Waals surface area contributed by atoms with Crippen LogP contribution in [0.3, 0.4) is 0 Å². The van der Waals surface area contributed by atoms with Crippen LogP contribution in [0.25, 0.3) is 11.0 Å². The summed E-state index contributed by atoms with van der Waals surface area (Å²) in [5, 5.41) is 4.47. The van der Waals surface area contributed by atoms with Crippen molar-refractivity contribution in [2.45, 2.75) is 69.4 Å². The number of nitrogens with zero attached hydrogens (tertiary/aromatic N) is 2. The van der Waals surface area contributed by atoms with E-state index < -0.39 is 10.0 Å². The van der Waals surface area contributed by atoms with E-state index >= 15 is 0 Å². The second kappa shape index (κ2) is 8.92. The van der Waals surface area contributed by atoms with Crippen molar-refractivity contribution in [3.05, 3.63) is 52.3 Å². The van der Waals surface area contributed by atoms with Crippen LogP contribution < -0.4 is 11.1 Å². The van der Waals surface area contributed by atoms with Crippen LogP contribution in [0.15, 0.2) is 45.9 Å². The molecule has 0 unspecified atom stereocenters. The van der Waals surface area contributed by atoms with Crippen molar-refractivity contribution >= 4 is 42.7 Å². The van der Waals surface area contributed by atoms with Gasteiger partial charge < -0.3 is 11.1 Å². The zero-order chi connectivity index (χ0) is 22.2. The van der Waals surface area contributed by atoms with Crippen LogP contribution in [-0.4, -0.2) is 29.5 Å². The molecule has 0 saturated heterocycles. The van der Waals surface area contributed by atoms with Gasteiger partial charge in [0.1, 0.15) is 0 Å². The molecule has 1 aromatic carbocycles. The number of pyridine rings is 1. The van der Waals surface area contributed by atoms with E-state index in [0.717, 1.165) is 58.9 Å². The van der Waals surface area contributed by atoms with E-state index in [1.807, 2.05) is 32.0 Å². The highest BCUT2D eigenvalue weighted by Crippen LogP contribution is 2.36. The Bertz CT molecular complexity index is 1180. The summed E-state index contributed by atoms with van der Waals surface area (Å²) >= 11 is 3.62. The van der Waals surface area contributed by atoms with E-state index in [1.54, 1.807) is 18.3 Å². The number of aryl methyl sites for hydroxylation is 2. The molecule has 31 heavy (non-hydrogen) atoms. The first-order valence-corrected chi connectivity index (χ1v) is 13.1. The summed E-state index contributed by atoms with van der Waals surface area (Å²) in [6.07, 6.45) is 7.17. The maximum absolute atomic E-state index is 13.6. The maximum atomic E-state index is 13.6. The number of nitrogens with one attached hydrogen (secondary N) is 1. The minimum atomic E-state index is -3.77. The van der Waals surface area contributed by atoms with E-state index in [1.165, 1.54) is 3.97 Å². The average molecular weight is 505 g/mol. The highest BCUT2D eigenvalue weighted by atomic mass is 79.9. The monoisotopic (exact) mass is 504 g/mol. The average Bonchev–Trinajstić information content (AvgIpc) is 3.11. The number of benzene rings is 1.